The van der Waals surface area contributed by atoms with Crippen LogP contribution in [0.3, 0.4) is 0 Å². The van der Waals surface area contributed by atoms with Crippen molar-refractivity contribution in [3.8, 4) is 11.4 Å². The largest absolute Gasteiger partial charge is 0.255 e. The lowest BCUT2D eigenvalue weighted by Gasteiger charge is -1.94. The molecule has 0 aliphatic heterocycles. The van der Waals surface area contributed by atoms with E-state index in [2.05, 4.69) is 32.7 Å². The van der Waals surface area contributed by atoms with Crippen LogP contribution in [-0.4, -0.2) is 14.8 Å². The molecule has 13 heavy (non-hydrogen) atoms. The van der Waals surface area contributed by atoms with Gasteiger partial charge in [0.25, 0.3) is 0 Å². The predicted octanol–water partition coefficient (Wildman–Crippen LogP) is 2.09. The van der Waals surface area contributed by atoms with Crippen LogP contribution in [0.25, 0.3) is 11.4 Å². The summed E-state index contributed by atoms with van der Waals surface area (Å²) >= 11 is 2.28. The van der Waals surface area contributed by atoms with Crippen LogP contribution < -0.4 is 0 Å². The van der Waals surface area contributed by atoms with E-state index < -0.39 is 0 Å². The zero-order chi connectivity index (χ0) is 9.26. The van der Waals surface area contributed by atoms with Gasteiger partial charge in [0.05, 0.1) is 0 Å². The summed E-state index contributed by atoms with van der Waals surface area (Å²) in [6.07, 6.45) is 1.70. The second-order valence-electron chi connectivity index (χ2n) is 2.75. The topological polar surface area (TPSA) is 30.7 Å². The molecule has 0 atom stereocenters. The number of aryl methyl sites for hydroxylation is 1. The van der Waals surface area contributed by atoms with E-state index in [1.165, 1.54) is 3.57 Å². The number of nitrogens with zero attached hydrogens (tertiary/aromatic N) is 3. The van der Waals surface area contributed by atoms with Gasteiger partial charge in [-0.15, -0.1) is 0 Å². The molecule has 0 aliphatic rings. The third-order valence-corrected chi connectivity index (χ3v) is 2.42. The second kappa shape index (κ2) is 3.45. The molecule has 0 bridgehead atoms. The maximum Gasteiger partial charge on any atom is 0.181 e. The average molecular weight is 285 g/mol. The van der Waals surface area contributed by atoms with Gasteiger partial charge < -0.3 is 0 Å². The van der Waals surface area contributed by atoms with E-state index in [0.29, 0.717) is 0 Å². The molecule has 0 aliphatic carbocycles. The van der Waals surface area contributed by atoms with Crippen molar-refractivity contribution < 1.29 is 0 Å². The predicted molar refractivity (Wildman–Crippen MR) is 59.2 cm³/mol. The van der Waals surface area contributed by atoms with Crippen molar-refractivity contribution in [3.05, 3.63) is 34.2 Å². The molecule has 1 heterocycles. The summed E-state index contributed by atoms with van der Waals surface area (Å²) in [5.74, 6) is 0.777. The van der Waals surface area contributed by atoms with Gasteiger partial charge in [-0.05, 0) is 34.7 Å². The Bertz CT molecular complexity index is 405. The molecule has 2 rings (SSSR count). The first-order valence-corrected chi connectivity index (χ1v) is 4.95. The SMILES string of the molecule is Cn1cnc(-c2ccc(I)cc2)n1. The highest BCUT2D eigenvalue weighted by molar-refractivity contribution is 14.1. The Morgan fingerprint density at radius 2 is 1.92 bits per heavy atom. The van der Waals surface area contributed by atoms with E-state index in [1.807, 2.05) is 31.3 Å². The van der Waals surface area contributed by atoms with Crippen LogP contribution in [0.5, 0.6) is 0 Å². The molecule has 3 nitrogen and oxygen atoms in total. The van der Waals surface area contributed by atoms with Crippen LogP contribution in [0.2, 0.25) is 0 Å². The Labute approximate surface area is 89.9 Å². The summed E-state index contributed by atoms with van der Waals surface area (Å²) in [6, 6.07) is 8.15. The monoisotopic (exact) mass is 285 g/mol. The maximum atomic E-state index is 4.21. The highest BCUT2D eigenvalue weighted by Gasteiger charge is 2.01. The third-order valence-electron chi connectivity index (χ3n) is 1.70. The molecular weight excluding hydrogens is 277 g/mol. The number of hydrogen-bond donors (Lipinski definition) is 0. The van der Waals surface area contributed by atoms with E-state index in [4.69, 9.17) is 0 Å². The smallest absolute Gasteiger partial charge is 0.181 e. The quantitative estimate of drug-likeness (QED) is 0.751. The van der Waals surface area contributed by atoms with Crippen LogP contribution in [0.15, 0.2) is 30.6 Å². The van der Waals surface area contributed by atoms with Crippen LogP contribution in [0.1, 0.15) is 0 Å². The lowest BCUT2D eigenvalue weighted by atomic mass is 10.2. The normalized spacial score (nSPS) is 10.3. The lowest BCUT2D eigenvalue weighted by Crippen LogP contribution is -1.87. The van der Waals surface area contributed by atoms with Crippen molar-refractivity contribution in [1.29, 1.82) is 0 Å². The highest BCUT2D eigenvalue weighted by atomic mass is 127. The molecule has 0 spiro atoms. The molecule has 0 unspecified atom stereocenters. The first kappa shape index (κ1) is 8.68. The van der Waals surface area contributed by atoms with Gasteiger partial charge in [0.15, 0.2) is 5.82 Å². The molecule has 0 N–H and O–H groups in total. The third kappa shape index (κ3) is 1.88. The Hall–Kier alpha value is -0.910. The van der Waals surface area contributed by atoms with E-state index >= 15 is 0 Å². The molecular formula is C9H8IN3. The summed E-state index contributed by atoms with van der Waals surface area (Å²) < 4.78 is 2.92. The van der Waals surface area contributed by atoms with Gasteiger partial charge in [-0.3, -0.25) is 4.68 Å². The Morgan fingerprint density at radius 1 is 1.23 bits per heavy atom. The number of halogens is 1. The van der Waals surface area contributed by atoms with Crippen molar-refractivity contribution in [1.82, 2.24) is 14.8 Å². The van der Waals surface area contributed by atoms with E-state index in [9.17, 15) is 0 Å². The summed E-state index contributed by atoms with van der Waals surface area (Å²) in [4.78, 5) is 4.17. The van der Waals surface area contributed by atoms with Crippen molar-refractivity contribution in [3.63, 3.8) is 0 Å². The molecule has 4 heteroatoms. The summed E-state index contributed by atoms with van der Waals surface area (Å²) in [5, 5.41) is 4.21. The Morgan fingerprint density at radius 3 is 2.46 bits per heavy atom. The second-order valence-corrected chi connectivity index (χ2v) is 3.99. The van der Waals surface area contributed by atoms with Crippen molar-refractivity contribution in [2.24, 2.45) is 7.05 Å². The van der Waals surface area contributed by atoms with Gasteiger partial charge in [0.1, 0.15) is 6.33 Å². The summed E-state index contributed by atoms with van der Waals surface area (Å²) in [6.45, 7) is 0. The molecule has 1 aromatic carbocycles. The van der Waals surface area contributed by atoms with E-state index in [0.717, 1.165) is 11.4 Å². The minimum absolute atomic E-state index is 0.777. The molecule has 0 saturated heterocycles. The number of hydrogen-bond acceptors (Lipinski definition) is 2. The highest BCUT2D eigenvalue weighted by Crippen LogP contribution is 2.15. The number of aromatic nitrogens is 3. The molecule has 0 fully saturated rings. The zero-order valence-corrected chi connectivity index (χ0v) is 9.26. The molecule has 0 amide bonds. The van der Waals surface area contributed by atoms with Gasteiger partial charge >= 0.3 is 0 Å². The number of rotatable bonds is 1. The minimum Gasteiger partial charge on any atom is -0.255 e. The maximum absolute atomic E-state index is 4.21. The molecule has 2 aromatic rings. The first-order chi connectivity index (χ1) is 6.25. The van der Waals surface area contributed by atoms with Gasteiger partial charge in [-0.2, -0.15) is 5.10 Å². The average Bonchev–Trinajstić information content (AvgIpc) is 2.53. The first-order valence-electron chi connectivity index (χ1n) is 3.87. The molecule has 66 valence electrons. The van der Waals surface area contributed by atoms with E-state index in [1.54, 1.807) is 11.0 Å². The van der Waals surface area contributed by atoms with Gasteiger partial charge in [-0.1, -0.05) is 12.1 Å². The summed E-state index contributed by atoms with van der Waals surface area (Å²) in [5.41, 5.74) is 1.06. The van der Waals surface area contributed by atoms with Crippen LogP contribution in [0, 0.1) is 3.57 Å². The lowest BCUT2D eigenvalue weighted by molar-refractivity contribution is 0.768. The molecule has 0 radical (unpaired) electrons. The zero-order valence-electron chi connectivity index (χ0n) is 7.11. The fourth-order valence-electron chi connectivity index (χ4n) is 1.07. The van der Waals surface area contributed by atoms with Crippen LogP contribution in [-0.2, 0) is 7.05 Å². The Kier molecular flexibility index (Phi) is 2.30. The fourth-order valence-corrected chi connectivity index (χ4v) is 1.43. The van der Waals surface area contributed by atoms with Gasteiger partial charge in [0.2, 0.25) is 0 Å². The van der Waals surface area contributed by atoms with Crippen LogP contribution >= 0.6 is 22.6 Å². The summed E-state index contributed by atoms with van der Waals surface area (Å²) in [7, 11) is 1.86. The van der Waals surface area contributed by atoms with Gasteiger partial charge in [0, 0.05) is 16.2 Å². The standard InChI is InChI=1S/C9H8IN3/c1-13-6-11-9(12-13)7-2-4-8(10)5-3-7/h2-6H,1H3. The van der Waals surface area contributed by atoms with Crippen molar-refractivity contribution >= 4 is 22.6 Å². The molecule has 1 aromatic heterocycles. The fraction of sp³-hybridized carbons (Fsp3) is 0.111. The number of benzene rings is 1. The minimum atomic E-state index is 0.777. The molecule has 0 saturated carbocycles. The van der Waals surface area contributed by atoms with Gasteiger partial charge in [-0.25, -0.2) is 4.98 Å². The Balaban J connectivity index is 2.41. The van der Waals surface area contributed by atoms with Crippen molar-refractivity contribution in [2.75, 3.05) is 0 Å². The van der Waals surface area contributed by atoms with Crippen molar-refractivity contribution in [2.45, 2.75) is 0 Å². The van der Waals surface area contributed by atoms with E-state index in [-0.39, 0.29) is 0 Å². The van der Waals surface area contributed by atoms with Crippen LogP contribution in [0.4, 0.5) is 0 Å².